The van der Waals surface area contributed by atoms with Gasteiger partial charge >= 0.3 is 0 Å². The van der Waals surface area contributed by atoms with Crippen LogP contribution in [0.15, 0.2) is 53.2 Å². The number of hydrogen-bond acceptors (Lipinski definition) is 4. The Morgan fingerprint density at radius 2 is 1.85 bits per heavy atom. The molecule has 0 aliphatic heterocycles. The van der Waals surface area contributed by atoms with Crippen molar-refractivity contribution >= 4 is 33.7 Å². The molecule has 0 aliphatic rings. The molecule has 1 amide bonds. The monoisotopic (exact) mass is 393 g/mol. The van der Waals surface area contributed by atoms with Crippen molar-refractivity contribution < 1.29 is 4.79 Å². The lowest BCUT2D eigenvalue weighted by molar-refractivity contribution is 0.103. The number of carbonyl (C=O) groups excluding carboxylic acids is 1. The van der Waals surface area contributed by atoms with Gasteiger partial charge in [-0.1, -0.05) is 30.3 Å². The Balaban J connectivity index is 1.58. The second-order valence-electron chi connectivity index (χ2n) is 6.37. The van der Waals surface area contributed by atoms with Crippen molar-refractivity contribution in [2.45, 2.75) is 13.8 Å². The fourth-order valence-corrected chi connectivity index (χ4v) is 4.57. The molecule has 4 nitrogen and oxygen atoms in total. The first kappa shape index (κ1) is 17.7. The van der Waals surface area contributed by atoms with Gasteiger partial charge in [0.05, 0.1) is 5.69 Å². The predicted molar refractivity (Wildman–Crippen MR) is 114 cm³/mol. The average molecular weight is 394 g/mol. The van der Waals surface area contributed by atoms with Crippen LogP contribution in [0, 0.1) is 13.8 Å². The van der Waals surface area contributed by atoms with E-state index in [1.165, 1.54) is 34.1 Å². The Bertz CT molecular complexity index is 1110. The van der Waals surface area contributed by atoms with Crippen LogP contribution < -0.4 is 5.32 Å². The van der Waals surface area contributed by atoms with Crippen molar-refractivity contribution in [2.75, 3.05) is 5.32 Å². The first-order valence-corrected chi connectivity index (χ1v) is 10.3. The van der Waals surface area contributed by atoms with E-state index in [9.17, 15) is 4.79 Å². The summed E-state index contributed by atoms with van der Waals surface area (Å²) >= 11 is 2.89. The fourth-order valence-electron chi connectivity index (χ4n) is 3.05. The van der Waals surface area contributed by atoms with E-state index in [1.54, 1.807) is 0 Å². The Labute approximate surface area is 166 Å². The SMILES string of the molecule is Cc1cc(-c2csc(NC(=O)c3sccc3-c3ccccc3)n2)c(C)n1C. The topological polar surface area (TPSA) is 46.9 Å². The molecule has 0 atom stereocenters. The molecular formula is C21H19N3OS2. The molecule has 0 saturated carbocycles. The summed E-state index contributed by atoms with van der Waals surface area (Å²) in [4.78, 5) is 18.1. The number of aryl methyl sites for hydroxylation is 1. The molecule has 136 valence electrons. The van der Waals surface area contributed by atoms with Crippen LogP contribution in [0.4, 0.5) is 5.13 Å². The Morgan fingerprint density at radius 3 is 2.56 bits per heavy atom. The van der Waals surface area contributed by atoms with Crippen molar-refractivity contribution in [3.05, 3.63) is 69.5 Å². The number of amides is 1. The highest BCUT2D eigenvalue weighted by Gasteiger charge is 2.17. The van der Waals surface area contributed by atoms with Crippen LogP contribution in [0.1, 0.15) is 21.1 Å². The van der Waals surface area contributed by atoms with Gasteiger partial charge < -0.3 is 4.57 Å². The van der Waals surface area contributed by atoms with E-state index in [4.69, 9.17) is 0 Å². The van der Waals surface area contributed by atoms with Crippen LogP contribution >= 0.6 is 22.7 Å². The van der Waals surface area contributed by atoms with Crippen LogP contribution in [0.25, 0.3) is 22.4 Å². The zero-order valence-electron chi connectivity index (χ0n) is 15.3. The van der Waals surface area contributed by atoms with Crippen molar-refractivity contribution in [1.82, 2.24) is 9.55 Å². The minimum absolute atomic E-state index is 0.120. The number of thiazole rings is 1. The third-order valence-electron chi connectivity index (χ3n) is 4.73. The number of rotatable bonds is 4. The Kier molecular flexibility index (Phi) is 4.68. The predicted octanol–water partition coefficient (Wildman–Crippen LogP) is 5.75. The zero-order chi connectivity index (χ0) is 19.0. The molecule has 3 heterocycles. The van der Waals surface area contributed by atoms with Gasteiger partial charge in [0.25, 0.3) is 5.91 Å². The van der Waals surface area contributed by atoms with Crippen LogP contribution in [-0.4, -0.2) is 15.5 Å². The van der Waals surface area contributed by atoms with Gasteiger partial charge in [-0.15, -0.1) is 22.7 Å². The molecule has 1 N–H and O–H groups in total. The van der Waals surface area contributed by atoms with Gasteiger partial charge in [0, 0.05) is 34.9 Å². The number of benzene rings is 1. The van der Waals surface area contributed by atoms with Gasteiger partial charge in [-0.05, 0) is 36.9 Å². The Hall–Kier alpha value is -2.70. The number of thiophene rings is 1. The van der Waals surface area contributed by atoms with Crippen LogP contribution in [0.3, 0.4) is 0 Å². The van der Waals surface area contributed by atoms with Crippen molar-refractivity contribution in [3.63, 3.8) is 0 Å². The van der Waals surface area contributed by atoms with Gasteiger partial charge in [0.2, 0.25) is 0 Å². The average Bonchev–Trinajstić information content (AvgIpc) is 3.39. The third kappa shape index (κ3) is 3.34. The van der Waals surface area contributed by atoms with E-state index >= 15 is 0 Å². The van der Waals surface area contributed by atoms with Crippen LogP contribution in [0.5, 0.6) is 0 Å². The lowest BCUT2D eigenvalue weighted by Gasteiger charge is -2.04. The number of carbonyl (C=O) groups is 1. The number of hydrogen-bond donors (Lipinski definition) is 1. The van der Waals surface area contributed by atoms with E-state index in [0.717, 1.165) is 22.4 Å². The summed E-state index contributed by atoms with van der Waals surface area (Å²) in [7, 11) is 2.05. The second-order valence-corrected chi connectivity index (χ2v) is 8.14. The van der Waals surface area contributed by atoms with E-state index < -0.39 is 0 Å². The second kappa shape index (κ2) is 7.13. The van der Waals surface area contributed by atoms with E-state index in [2.05, 4.69) is 34.8 Å². The van der Waals surface area contributed by atoms with Crippen molar-refractivity contribution in [3.8, 4) is 22.4 Å². The molecule has 27 heavy (non-hydrogen) atoms. The molecule has 1 aromatic carbocycles. The quantitative estimate of drug-likeness (QED) is 0.480. The fraction of sp³-hybridized carbons (Fsp3) is 0.143. The maximum Gasteiger partial charge on any atom is 0.268 e. The molecule has 0 unspecified atom stereocenters. The summed E-state index contributed by atoms with van der Waals surface area (Å²) in [5, 5.41) is 7.51. The summed E-state index contributed by atoms with van der Waals surface area (Å²) in [6.07, 6.45) is 0. The van der Waals surface area contributed by atoms with Gasteiger partial charge in [-0.25, -0.2) is 4.98 Å². The Morgan fingerprint density at radius 1 is 1.07 bits per heavy atom. The van der Waals surface area contributed by atoms with Gasteiger partial charge in [0.15, 0.2) is 5.13 Å². The number of anilines is 1. The first-order chi connectivity index (χ1) is 13.0. The summed E-state index contributed by atoms with van der Waals surface area (Å²) in [5.74, 6) is -0.120. The van der Waals surface area contributed by atoms with E-state index in [-0.39, 0.29) is 5.91 Å². The first-order valence-electron chi connectivity index (χ1n) is 8.57. The maximum absolute atomic E-state index is 12.8. The van der Waals surface area contributed by atoms with Crippen molar-refractivity contribution in [2.24, 2.45) is 7.05 Å². The zero-order valence-corrected chi connectivity index (χ0v) is 16.9. The lowest BCUT2D eigenvalue weighted by Crippen LogP contribution is -2.11. The standard InChI is InChI=1S/C21H19N3OS2/c1-13-11-17(14(2)24(13)3)18-12-27-21(22-18)23-20(25)19-16(9-10-26-19)15-7-5-4-6-8-15/h4-12H,1-3H3,(H,22,23,25). The molecule has 0 aliphatic carbocycles. The molecular weight excluding hydrogens is 374 g/mol. The largest absolute Gasteiger partial charge is 0.351 e. The molecule has 0 spiro atoms. The smallest absolute Gasteiger partial charge is 0.268 e. The molecule has 3 aromatic heterocycles. The molecule has 0 bridgehead atoms. The number of nitrogens with zero attached hydrogens (tertiary/aromatic N) is 2. The minimum Gasteiger partial charge on any atom is -0.351 e. The molecule has 0 radical (unpaired) electrons. The lowest BCUT2D eigenvalue weighted by atomic mass is 10.1. The number of aromatic nitrogens is 2. The maximum atomic E-state index is 12.8. The summed E-state index contributed by atoms with van der Waals surface area (Å²) < 4.78 is 2.14. The highest BCUT2D eigenvalue weighted by atomic mass is 32.1. The van der Waals surface area contributed by atoms with Gasteiger partial charge in [-0.3, -0.25) is 10.1 Å². The van der Waals surface area contributed by atoms with Gasteiger partial charge in [-0.2, -0.15) is 0 Å². The molecule has 6 heteroatoms. The summed E-state index contributed by atoms with van der Waals surface area (Å²) in [6.45, 7) is 4.16. The van der Waals surface area contributed by atoms with E-state index in [1.807, 2.05) is 54.2 Å². The third-order valence-corrected chi connectivity index (χ3v) is 6.40. The van der Waals surface area contributed by atoms with Gasteiger partial charge in [0.1, 0.15) is 4.88 Å². The van der Waals surface area contributed by atoms with Crippen LogP contribution in [0.2, 0.25) is 0 Å². The minimum atomic E-state index is -0.120. The highest BCUT2D eigenvalue weighted by Crippen LogP contribution is 2.32. The van der Waals surface area contributed by atoms with E-state index in [0.29, 0.717) is 10.0 Å². The molecule has 0 fully saturated rings. The summed E-state index contributed by atoms with van der Waals surface area (Å²) in [6, 6.07) is 14.1. The molecule has 4 aromatic rings. The van der Waals surface area contributed by atoms with Crippen molar-refractivity contribution in [1.29, 1.82) is 0 Å². The van der Waals surface area contributed by atoms with Crippen LogP contribution in [-0.2, 0) is 7.05 Å². The molecule has 4 rings (SSSR count). The number of nitrogens with one attached hydrogen (secondary N) is 1. The molecule has 0 saturated heterocycles. The summed E-state index contributed by atoms with van der Waals surface area (Å²) in [5.41, 5.74) is 6.34. The highest BCUT2D eigenvalue weighted by molar-refractivity contribution is 7.15. The normalized spacial score (nSPS) is 10.9.